The molecule has 132 valence electrons. The van der Waals surface area contributed by atoms with Crippen molar-refractivity contribution in [1.82, 2.24) is 15.3 Å². The van der Waals surface area contributed by atoms with Crippen molar-refractivity contribution in [3.05, 3.63) is 52.4 Å². The van der Waals surface area contributed by atoms with E-state index in [9.17, 15) is 4.79 Å². The van der Waals surface area contributed by atoms with Gasteiger partial charge in [0.2, 0.25) is 0 Å². The summed E-state index contributed by atoms with van der Waals surface area (Å²) in [6.07, 6.45) is 5.73. The van der Waals surface area contributed by atoms with Crippen LogP contribution in [0.2, 0.25) is 5.02 Å². The maximum atomic E-state index is 12.5. The highest BCUT2D eigenvalue weighted by Gasteiger charge is 2.18. The minimum absolute atomic E-state index is 0.119. The average Bonchev–Trinajstić information content (AvgIpc) is 2.61. The molecule has 1 aliphatic carbocycles. The molecular formula is C19H23ClN4O. The lowest BCUT2D eigenvalue weighted by molar-refractivity contribution is 0.0922. The molecule has 1 saturated carbocycles. The second-order valence-corrected chi connectivity index (χ2v) is 6.91. The van der Waals surface area contributed by atoms with Gasteiger partial charge in [0.1, 0.15) is 17.3 Å². The van der Waals surface area contributed by atoms with Gasteiger partial charge in [0.15, 0.2) is 0 Å². The van der Waals surface area contributed by atoms with Gasteiger partial charge in [-0.05, 0) is 37.5 Å². The van der Waals surface area contributed by atoms with Crippen LogP contribution in [0.4, 0.5) is 5.82 Å². The summed E-state index contributed by atoms with van der Waals surface area (Å²) in [5.74, 6) is 1.11. The van der Waals surface area contributed by atoms with Gasteiger partial charge in [-0.1, -0.05) is 43.0 Å². The van der Waals surface area contributed by atoms with Crippen molar-refractivity contribution < 1.29 is 4.79 Å². The van der Waals surface area contributed by atoms with Crippen molar-refractivity contribution in [1.29, 1.82) is 0 Å². The molecule has 0 atom stereocenters. The van der Waals surface area contributed by atoms with Crippen LogP contribution in [0, 0.1) is 6.92 Å². The first kappa shape index (κ1) is 17.7. The van der Waals surface area contributed by atoms with Crippen LogP contribution in [0.3, 0.4) is 0 Å². The zero-order chi connectivity index (χ0) is 17.6. The molecule has 3 rings (SSSR count). The number of aryl methyl sites for hydroxylation is 1. The summed E-state index contributed by atoms with van der Waals surface area (Å²) in [6, 6.07) is 9.60. The Hall–Kier alpha value is -2.14. The Bertz CT molecular complexity index is 727. The Balaban J connectivity index is 1.64. The fourth-order valence-corrected chi connectivity index (χ4v) is 3.20. The van der Waals surface area contributed by atoms with Gasteiger partial charge in [0, 0.05) is 23.7 Å². The highest BCUT2D eigenvalue weighted by atomic mass is 35.5. The number of halogens is 1. The molecule has 0 radical (unpaired) electrons. The highest BCUT2D eigenvalue weighted by molar-refractivity contribution is 6.30. The fourth-order valence-electron chi connectivity index (χ4n) is 3.08. The number of aromatic nitrogens is 2. The lowest BCUT2D eigenvalue weighted by atomic mass is 9.95. The second kappa shape index (κ2) is 8.30. The Labute approximate surface area is 153 Å². The Morgan fingerprint density at radius 2 is 1.88 bits per heavy atom. The molecule has 2 aromatic rings. The molecule has 1 amide bonds. The predicted octanol–water partition coefficient (Wildman–Crippen LogP) is 4.11. The maximum absolute atomic E-state index is 12.5. The molecule has 0 unspecified atom stereocenters. The van der Waals surface area contributed by atoms with E-state index in [0.29, 0.717) is 28.9 Å². The van der Waals surface area contributed by atoms with E-state index in [1.165, 1.54) is 19.3 Å². The van der Waals surface area contributed by atoms with Crippen LogP contribution in [-0.2, 0) is 6.54 Å². The van der Waals surface area contributed by atoms with E-state index in [1.807, 2.05) is 24.3 Å². The van der Waals surface area contributed by atoms with Crippen LogP contribution >= 0.6 is 11.6 Å². The first-order valence-electron chi connectivity index (χ1n) is 8.75. The van der Waals surface area contributed by atoms with Crippen molar-refractivity contribution >= 4 is 23.3 Å². The van der Waals surface area contributed by atoms with Gasteiger partial charge in [-0.3, -0.25) is 4.79 Å². The molecule has 1 aromatic heterocycles. The predicted molar refractivity (Wildman–Crippen MR) is 99.9 cm³/mol. The van der Waals surface area contributed by atoms with Gasteiger partial charge in [0.25, 0.3) is 5.91 Å². The third-order valence-electron chi connectivity index (χ3n) is 4.40. The lowest BCUT2D eigenvalue weighted by Crippen LogP contribution is -2.36. The molecular weight excluding hydrogens is 336 g/mol. The summed E-state index contributed by atoms with van der Waals surface area (Å²) in [5, 5.41) is 7.06. The quantitative estimate of drug-likeness (QED) is 0.843. The Kier molecular flexibility index (Phi) is 5.87. The van der Waals surface area contributed by atoms with Crippen LogP contribution in [0.15, 0.2) is 30.3 Å². The molecule has 0 saturated heterocycles. The van der Waals surface area contributed by atoms with Crippen molar-refractivity contribution in [2.24, 2.45) is 0 Å². The highest BCUT2D eigenvalue weighted by Crippen LogP contribution is 2.18. The molecule has 5 nitrogen and oxygen atoms in total. The second-order valence-electron chi connectivity index (χ2n) is 6.47. The van der Waals surface area contributed by atoms with Gasteiger partial charge < -0.3 is 10.6 Å². The minimum Gasteiger partial charge on any atom is -0.366 e. The lowest BCUT2D eigenvalue weighted by Gasteiger charge is -2.22. The zero-order valence-electron chi connectivity index (χ0n) is 14.4. The molecule has 0 bridgehead atoms. The minimum atomic E-state index is -0.119. The summed E-state index contributed by atoms with van der Waals surface area (Å²) in [4.78, 5) is 21.1. The molecule has 0 spiro atoms. The van der Waals surface area contributed by atoms with Crippen LogP contribution in [0.25, 0.3) is 0 Å². The first-order chi connectivity index (χ1) is 12.1. The summed E-state index contributed by atoms with van der Waals surface area (Å²) < 4.78 is 0. The van der Waals surface area contributed by atoms with Gasteiger partial charge in [-0.15, -0.1) is 0 Å². The van der Waals surface area contributed by atoms with Crippen LogP contribution in [0.1, 0.15) is 54.0 Å². The largest absolute Gasteiger partial charge is 0.366 e. The molecule has 1 heterocycles. The molecule has 25 heavy (non-hydrogen) atoms. The number of nitrogens with one attached hydrogen (secondary N) is 2. The summed E-state index contributed by atoms with van der Waals surface area (Å²) in [6.45, 7) is 2.40. The third kappa shape index (κ3) is 5.16. The standard InChI is InChI=1S/C19H23ClN4O/c1-13-22-17(19(25)24-16-5-3-2-4-6-16)11-18(23-13)21-12-14-7-9-15(20)10-8-14/h7-11,16H,2-6,12H2,1H3,(H,24,25)(H,21,22,23). The average molecular weight is 359 g/mol. The number of hydrogen-bond acceptors (Lipinski definition) is 4. The number of rotatable bonds is 5. The van der Waals surface area contributed by atoms with Gasteiger partial charge in [-0.2, -0.15) is 0 Å². The van der Waals surface area contributed by atoms with E-state index in [1.54, 1.807) is 13.0 Å². The number of amides is 1. The SMILES string of the molecule is Cc1nc(NCc2ccc(Cl)cc2)cc(C(=O)NC2CCCCC2)n1. The molecule has 1 fully saturated rings. The van der Waals surface area contributed by atoms with E-state index in [2.05, 4.69) is 20.6 Å². The van der Waals surface area contributed by atoms with Gasteiger partial charge >= 0.3 is 0 Å². The molecule has 6 heteroatoms. The summed E-state index contributed by atoms with van der Waals surface area (Å²) in [5.41, 5.74) is 1.51. The van der Waals surface area contributed by atoms with Gasteiger partial charge in [0.05, 0.1) is 0 Å². The number of nitrogens with zero attached hydrogens (tertiary/aromatic N) is 2. The smallest absolute Gasteiger partial charge is 0.270 e. The molecule has 0 aliphatic heterocycles. The van der Waals surface area contributed by atoms with E-state index >= 15 is 0 Å². The first-order valence-corrected chi connectivity index (χ1v) is 9.13. The topological polar surface area (TPSA) is 66.9 Å². The van der Waals surface area contributed by atoms with E-state index < -0.39 is 0 Å². The monoisotopic (exact) mass is 358 g/mol. The van der Waals surface area contributed by atoms with Crippen LogP contribution < -0.4 is 10.6 Å². The number of carbonyl (C=O) groups excluding carboxylic acids is 1. The normalized spacial score (nSPS) is 15.0. The van der Waals surface area contributed by atoms with Crippen molar-refractivity contribution in [2.75, 3.05) is 5.32 Å². The van der Waals surface area contributed by atoms with Crippen molar-refractivity contribution in [3.8, 4) is 0 Å². The number of hydrogen-bond donors (Lipinski definition) is 2. The maximum Gasteiger partial charge on any atom is 0.270 e. The molecule has 1 aromatic carbocycles. The third-order valence-corrected chi connectivity index (χ3v) is 4.65. The van der Waals surface area contributed by atoms with E-state index in [0.717, 1.165) is 18.4 Å². The Morgan fingerprint density at radius 1 is 1.16 bits per heavy atom. The van der Waals surface area contributed by atoms with Gasteiger partial charge in [-0.25, -0.2) is 9.97 Å². The number of carbonyl (C=O) groups is 1. The van der Waals surface area contributed by atoms with E-state index in [-0.39, 0.29) is 11.9 Å². The fraction of sp³-hybridized carbons (Fsp3) is 0.421. The molecule has 2 N–H and O–H groups in total. The van der Waals surface area contributed by atoms with E-state index in [4.69, 9.17) is 11.6 Å². The van der Waals surface area contributed by atoms with Crippen LogP contribution in [-0.4, -0.2) is 21.9 Å². The number of anilines is 1. The number of benzene rings is 1. The zero-order valence-corrected chi connectivity index (χ0v) is 15.1. The summed E-state index contributed by atoms with van der Waals surface area (Å²) in [7, 11) is 0. The Morgan fingerprint density at radius 3 is 2.60 bits per heavy atom. The molecule has 1 aliphatic rings. The van der Waals surface area contributed by atoms with Crippen molar-refractivity contribution in [2.45, 2.75) is 51.6 Å². The van der Waals surface area contributed by atoms with Crippen LogP contribution in [0.5, 0.6) is 0 Å². The van der Waals surface area contributed by atoms with Crippen molar-refractivity contribution in [3.63, 3.8) is 0 Å². The summed E-state index contributed by atoms with van der Waals surface area (Å²) >= 11 is 5.90.